The molecule has 0 atom stereocenters. The monoisotopic (exact) mass is 294 g/mol. The highest BCUT2D eigenvalue weighted by molar-refractivity contribution is 5.59. The van der Waals surface area contributed by atoms with Crippen molar-refractivity contribution >= 4 is 0 Å². The average Bonchev–Trinajstić information content (AvgIpc) is 2.62. The van der Waals surface area contributed by atoms with Gasteiger partial charge in [-0.1, -0.05) is 12.1 Å². The maximum Gasteiger partial charge on any atom is 0.111 e. The summed E-state index contributed by atoms with van der Waals surface area (Å²) >= 11 is 0. The molecule has 0 unspecified atom stereocenters. The second-order valence-corrected chi connectivity index (χ2v) is 4.65. The molecular weight excluding hydrogens is 280 g/mol. The Morgan fingerprint density at radius 3 is 1.41 bits per heavy atom. The predicted molar refractivity (Wildman–Crippen MR) is 80.3 cm³/mol. The van der Waals surface area contributed by atoms with E-state index in [0.717, 1.165) is 0 Å². The van der Waals surface area contributed by atoms with Crippen LogP contribution in [0.4, 0.5) is 0 Å². The molecule has 0 saturated carbocycles. The summed E-state index contributed by atoms with van der Waals surface area (Å²) in [7, 11) is 0. The fourth-order valence-electron chi connectivity index (χ4n) is 2.03. The van der Waals surface area contributed by atoms with Gasteiger partial charge in [-0.15, -0.1) is 10.2 Å². The van der Waals surface area contributed by atoms with Crippen molar-refractivity contribution in [3.63, 3.8) is 0 Å². The lowest BCUT2D eigenvalue weighted by atomic mass is 10.2. The summed E-state index contributed by atoms with van der Waals surface area (Å²) < 4.78 is 0. The molecule has 0 fully saturated rings. The van der Waals surface area contributed by atoms with Crippen molar-refractivity contribution in [1.29, 1.82) is 0 Å². The largest absolute Gasteiger partial charge is 0.390 e. The molecule has 0 aromatic carbocycles. The van der Waals surface area contributed by atoms with Crippen LogP contribution < -0.4 is 0 Å². The van der Waals surface area contributed by atoms with E-state index >= 15 is 0 Å². The number of aromatic nitrogens is 4. The van der Waals surface area contributed by atoms with Crippen molar-refractivity contribution in [3.05, 3.63) is 59.9 Å². The summed E-state index contributed by atoms with van der Waals surface area (Å²) in [5.74, 6) is 0. The fourth-order valence-corrected chi connectivity index (χ4v) is 2.03. The van der Waals surface area contributed by atoms with E-state index in [0.29, 0.717) is 34.2 Å². The van der Waals surface area contributed by atoms with Gasteiger partial charge in [0, 0.05) is 0 Å². The smallest absolute Gasteiger partial charge is 0.111 e. The molecule has 6 nitrogen and oxygen atoms in total. The number of hydrogen-bond acceptors (Lipinski definition) is 6. The topological polar surface area (TPSA) is 92.0 Å². The first kappa shape index (κ1) is 14.2. The van der Waals surface area contributed by atoms with Gasteiger partial charge in [-0.3, -0.25) is 0 Å². The molecule has 22 heavy (non-hydrogen) atoms. The Bertz CT molecular complexity index is 709. The third-order valence-electron chi connectivity index (χ3n) is 3.13. The van der Waals surface area contributed by atoms with E-state index in [9.17, 15) is 0 Å². The first-order chi connectivity index (χ1) is 10.8. The van der Waals surface area contributed by atoms with E-state index in [1.807, 2.05) is 24.3 Å². The minimum Gasteiger partial charge on any atom is -0.390 e. The van der Waals surface area contributed by atoms with Crippen LogP contribution in [0.3, 0.4) is 0 Å². The van der Waals surface area contributed by atoms with Crippen LogP contribution in [0.15, 0.2) is 48.5 Å². The van der Waals surface area contributed by atoms with Gasteiger partial charge in [-0.05, 0) is 36.4 Å². The minimum atomic E-state index is -0.114. The molecule has 2 N–H and O–H groups in total. The van der Waals surface area contributed by atoms with Gasteiger partial charge in [-0.2, -0.15) is 0 Å². The molecule has 6 heteroatoms. The van der Waals surface area contributed by atoms with Crippen molar-refractivity contribution in [2.75, 3.05) is 0 Å². The van der Waals surface area contributed by atoms with Crippen molar-refractivity contribution < 1.29 is 10.2 Å². The van der Waals surface area contributed by atoms with Crippen molar-refractivity contribution in [2.45, 2.75) is 13.2 Å². The third-order valence-corrected chi connectivity index (χ3v) is 3.13. The van der Waals surface area contributed by atoms with E-state index in [-0.39, 0.29) is 13.2 Å². The SMILES string of the molecule is OCc1cccc(-c2ccc(-c3cccc(CO)n3)nn2)n1. The second-order valence-electron chi connectivity index (χ2n) is 4.65. The predicted octanol–water partition coefficient (Wildman–Crippen LogP) is 1.59. The molecule has 3 aromatic heterocycles. The summed E-state index contributed by atoms with van der Waals surface area (Å²) in [6.45, 7) is -0.228. The highest BCUT2D eigenvalue weighted by Gasteiger charge is 2.06. The van der Waals surface area contributed by atoms with Gasteiger partial charge in [-0.25, -0.2) is 9.97 Å². The van der Waals surface area contributed by atoms with Crippen molar-refractivity contribution in [1.82, 2.24) is 20.2 Å². The summed E-state index contributed by atoms with van der Waals surface area (Å²) in [5.41, 5.74) is 3.72. The van der Waals surface area contributed by atoms with E-state index in [1.165, 1.54) is 0 Å². The molecule has 3 rings (SSSR count). The zero-order valence-electron chi connectivity index (χ0n) is 11.7. The zero-order chi connectivity index (χ0) is 15.4. The van der Waals surface area contributed by atoms with Gasteiger partial charge < -0.3 is 10.2 Å². The molecule has 0 aliphatic heterocycles. The van der Waals surface area contributed by atoms with E-state index in [4.69, 9.17) is 10.2 Å². The number of aliphatic hydroxyl groups is 2. The van der Waals surface area contributed by atoms with Crippen LogP contribution in [0.25, 0.3) is 22.8 Å². The minimum absolute atomic E-state index is 0.114. The van der Waals surface area contributed by atoms with Crippen LogP contribution in [-0.2, 0) is 13.2 Å². The molecule has 0 spiro atoms. The lowest BCUT2D eigenvalue weighted by Gasteiger charge is -2.04. The van der Waals surface area contributed by atoms with Crippen LogP contribution in [0.5, 0.6) is 0 Å². The van der Waals surface area contributed by atoms with Gasteiger partial charge in [0.05, 0.1) is 36.0 Å². The van der Waals surface area contributed by atoms with Crippen LogP contribution in [-0.4, -0.2) is 30.4 Å². The number of aliphatic hydroxyl groups excluding tert-OH is 2. The Morgan fingerprint density at radius 2 is 1.05 bits per heavy atom. The molecule has 110 valence electrons. The standard InChI is InChI=1S/C16H14N4O2/c21-9-11-3-1-5-13(17-11)15-7-8-16(20-19-15)14-6-2-4-12(10-22)18-14/h1-8,21-22H,9-10H2. The normalized spacial score (nSPS) is 10.6. The maximum absolute atomic E-state index is 9.12. The Hall–Kier alpha value is -2.70. The third kappa shape index (κ3) is 2.98. The molecule has 3 heterocycles. The maximum atomic E-state index is 9.12. The summed E-state index contributed by atoms with van der Waals surface area (Å²) in [6, 6.07) is 14.4. The van der Waals surface area contributed by atoms with Gasteiger partial charge >= 0.3 is 0 Å². The second kappa shape index (κ2) is 6.38. The Kier molecular flexibility index (Phi) is 4.13. The number of nitrogens with zero attached hydrogens (tertiary/aromatic N) is 4. The van der Waals surface area contributed by atoms with Crippen LogP contribution >= 0.6 is 0 Å². The average molecular weight is 294 g/mol. The number of pyridine rings is 2. The highest BCUT2D eigenvalue weighted by Crippen LogP contribution is 2.18. The molecule has 0 bridgehead atoms. The Balaban J connectivity index is 1.91. The summed E-state index contributed by atoms with van der Waals surface area (Å²) in [6.07, 6.45) is 0. The molecule has 0 amide bonds. The molecule has 0 aliphatic rings. The van der Waals surface area contributed by atoms with Crippen LogP contribution in [0.2, 0.25) is 0 Å². The quantitative estimate of drug-likeness (QED) is 0.759. The number of hydrogen-bond donors (Lipinski definition) is 2. The lowest BCUT2D eigenvalue weighted by Crippen LogP contribution is -1.97. The van der Waals surface area contributed by atoms with E-state index in [2.05, 4.69) is 20.2 Å². The van der Waals surface area contributed by atoms with E-state index in [1.54, 1.807) is 24.3 Å². The highest BCUT2D eigenvalue weighted by atomic mass is 16.3. The first-order valence-electron chi connectivity index (χ1n) is 6.78. The van der Waals surface area contributed by atoms with Gasteiger partial charge in [0.1, 0.15) is 11.4 Å². The van der Waals surface area contributed by atoms with Gasteiger partial charge in [0.25, 0.3) is 0 Å². The van der Waals surface area contributed by atoms with Gasteiger partial charge in [0.2, 0.25) is 0 Å². The summed E-state index contributed by atoms with van der Waals surface area (Å²) in [5, 5.41) is 26.6. The zero-order valence-corrected chi connectivity index (χ0v) is 11.7. The Morgan fingerprint density at radius 1 is 0.591 bits per heavy atom. The summed E-state index contributed by atoms with van der Waals surface area (Å²) in [4.78, 5) is 8.58. The number of rotatable bonds is 4. The van der Waals surface area contributed by atoms with Gasteiger partial charge in [0.15, 0.2) is 0 Å². The fraction of sp³-hybridized carbons (Fsp3) is 0.125. The van der Waals surface area contributed by atoms with Crippen LogP contribution in [0.1, 0.15) is 11.4 Å². The molecule has 0 saturated heterocycles. The first-order valence-corrected chi connectivity index (χ1v) is 6.78. The lowest BCUT2D eigenvalue weighted by molar-refractivity contribution is 0.277. The van der Waals surface area contributed by atoms with Crippen LogP contribution in [0, 0.1) is 0 Å². The molecule has 3 aromatic rings. The Labute approximate surface area is 127 Å². The molecule has 0 radical (unpaired) electrons. The van der Waals surface area contributed by atoms with E-state index < -0.39 is 0 Å². The molecular formula is C16H14N4O2. The van der Waals surface area contributed by atoms with Crippen molar-refractivity contribution in [2.24, 2.45) is 0 Å². The van der Waals surface area contributed by atoms with Crippen molar-refractivity contribution in [3.8, 4) is 22.8 Å². The molecule has 0 aliphatic carbocycles.